The molecular formula is C25H26NO2S3+. The number of esters is 1. The minimum atomic E-state index is -0.122. The molecule has 0 aliphatic heterocycles. The van der Waals surface area contributed by atoms with Crippen molar-refractivity contribution in [2.75, 3.05) is 27.7 Å². The summed E-state index contributed by atoms with van der Waals surface area (Å²) in [5.74, 6) is -0.122. The van der Waals surface area contributed by atoms with Crippen LogP contribution in [-0.4, -0.2) is 38.1 Å². The fourth-order valence-corrected chi connectivity index (χ4v) is 7.01. The van der Waals surface area contributed by atoms with Crippen LogP contribution >= 0.6 is 34.0 Å². The Morgan fingerprint density at radius 1 is 0.839 bits per heavy atom. The Balaban J connectivity index is 1.38. The second-order valence-corrected chi connectivity index (χ2v) is 12.2. The van der Waals surface area contributed by atoms with E-state index in [0.29, 0.717) is 11.5 Å². The Bertz CT molecular complexity index is 1400. The molecule has 0 bridgehead atoms. The summed E-state index contributed by atoms with van der Waals surface area (Å²) in [6, 6.07) is 13.1. The summed E-state index contributed by atoms with van der Waals surface area (Å²) in [7, 11) is 6.60. The van der Waals surface area contributed by atoms with Crippen LogP contribution in [0.4, 0.5) is 0 Å². The summed E-state index contributed by atoms with van der Waals surface area (Å²) in [6.07, 6.45) is 3.58. The van der Waals surface area contributed by atoms with Crippen LogP contribution in [0.5, 0.6) is 5.06 Å². The zero-order chi connectivity index (χ0) is 21.6. The lowest BCUT2D eigenvalue weighted by molar-refractivity contribution is -0.870. The summed E-state index contributed by atoms with van der Waals surface area (Å²) in [6.45, 7) is 1.13. The third-order valence-corrected chi connectivity index (χ3v) is 8.61. The minimum absolute atomic E-state index is 0.122. The molecule has 0 amide bonds. The van der Waals surface area contributed by atoms with E-state index >= 15 is 0 Å². The molecule has 5 aromatic rings. The van der Waals surface area contributed by atoms with Gasteiger partial charge in [0, 0.05) is 52.8 Å². The van der Waals surface area contributed by atoms with Crippen LogP contribution in [0, 0.1) is 0 Å². The molecule has 160 valence electrons. The van der Waals surface area contributed by atoms with Gasteiger partial charge in [-0.3, -0.25) is 4.79 Å². The van der Waals surface area contributed by atoms with Crippen LogP contribution in [0.1, 0.15) is 25.7 Å². The Kier molecular flexibility index (Phi) is 5.51. The van der Waals surface area contributed by atoms with Crippen molar-refractivity contribution >= 4 is 80.3 Å². The number of nitrogens with zero attached hydrogens (tertiary/aromatic N) is 1. The van der Waals surface area contributed by atoms with E-state index in [1.165, 1.54) is 40.3 Å². The Labute approximate surface area is 194 Å². The first-order valence-corrected chi connectivity index (χ1v) is 13.2. The van der Waals surface area contributed by atoms with Gasteiger partial charge < -0.3 is 9.22 Å². The van der Waals surface area contributed by atoms with Gasteiger partial charge in [0.2, 0.25) is 0 Å². The maximum absolute atomic E-state index is 12.4. The molecule has 6 heteroatoms. The highest BCUT2D eigenvalue weighted by atomic mass is 32.1. The van der Waals surface area contributed by atoms with Crippen molar-refractivity contribution in [3.63, 3.8) is 0 Å². The molecule has 0 fully saturated rings. The van der Waals surface area contributed by atoms with E-state index in [2.05, 4.69) is 62.9 Å². The van der Waals surface area contributed by atoms with Crippen molar-refractivity contribution in [2.24, 2.45) is 0 Å². The number of benzene rings is 2. The Hall–Kier alpha value is -1.99. The molecule has 3 aromatic heterocycles. The summed E-state index contributed by atoms with van der Waals surface area (Å²) in [5, 5.41) is 8.00. The fraction of sp³-hybridized carbons (Fsp3) is 0.320. The van der Waals surface area contributed by atoms with E-state index in [-0.39, 0.29) is 5.97 Å². The van der Waals surface area contributed by atoms with Crippen LogP contribution < -0.4 is 4.74 Å². The number of unbranched alkanes of at least 4 members (excludes halogenated alkanes) is 2. The highest BCUT2D eigenvalue weighted by Crippen LogP contribution is 2.45. The summed E-state index contributed by atoms with van der Waals surface area (Å²) in [4.78, 5) is 12.4. The zero-order valence-electron chi connectivity index (χ0n) is 18.1. The SMILES string of the molecule is C[N+](C)(C)CCCCCC(=O)Oc1cc2c(ccc3sc4ccc5sccc5c4c32)s1. The number of thiophene rings is 3. The van der Waals surface area contributed by atoms with Crippen molar-refractivity contribution in [3.8, 4) is 5.06 Å². The predicted molar refractivity (Wildman–Crippen MR) is 137 cm³/mol. The van der Waals surface area contributed by atoms with Gasteiger partial charge in [0.25, 0.3) is 0 Å². The first-order valence-electron chi connectivity index (χ1n) is 10.7. The summed E-state index contributed by atoms with van der Waals surface area (Å²) >= 11 is 5.19. The molecule has 0 spiro atoms. The molecule has 5 rings (SSSR count). The van der Waals surface area contributed by atoms with Gasteiger partial charge in [0.15, 0.2) is 5.06 Å². The van der Waals surface area contributed by atoms with Gasteiger partial charge in [-0.25, -0.2) is 0 Å². The molecule has 0 atom stereocenters. The number of ether oxygens (including phenoxy) is 1. The van der Waals surface area contributed by atoms with E-state index in [1.807, 2.05) is 11.3 Å². The lowest BCUT2D eigenvalue weighted by atomic mass is 10.1. The number of fused-ring (bicyclic) bond motifs is 7. The van der Waals surface area contributed by atoms with Crippen molar-refractivity contribution < 1.29 is 14.0 Å². The minimum Gasteiger partial charge on any atom is -0.415 e. The molecule has 0 unspecified atom stereocenters. The molecular weight excluding hydrogens is 442 g/mol. The molecule has 2 aromatic carbocycles. The largest absolute Gasteiger partial charge is 0.415 e. The number of quaternary nitrogens is 1. The monoisotopic (exact) mass is 468 g/mol. The second-order valence-electron chi connectivity index (χ2n) is 9.09. The van der Waals surface area contributed by atoms with Crippen molar-refractivity contribution in [3.05, 3.63) is 41.8 Å². The van der Waals surface area contributed by atoms with Gasteiger partial charge in [-0.15, -0.1) is 22.7 Å². The summed E-state index contributed by atoms with van der Waals surface area (Å²) in [5.41, 5.74) is 0. The molecule has 3 nitrogen and oxygen atoms in total. The van der Waals surface area contributed by atoms with E-state index < -0.39 is 0 Å². The van der Waals surface area contributed by atoms with Gasteiger partial charge in [0.1, 0.15) is 0 Å². The van der Waals surface area contributed by atoms with E-state index in [4.69, 9.17) is 4.74 Å². The Morgan fingerprint density at radius 2 is 1.55 bits per heavy atom. The van der Waals surface area contributed by atoms with Crippen molar-refractivity contribution in [1.29, 1.82) is 0 Å². The molecule has 0 N–H and O–H groups in total. The molecule has 0 radical (unpaired) electrons. The average Bonchev–Trinajstić information content (AvgIpc) is 3.41. The lowest BCUT2D eigenvalue weighted by Crippen LogP contribution is -2.35. The van der Waals surface area contributed by atoms with Gasteiger partial charge in [-0.05, 0) is 55.0 Å². The zero-order valence-corrected chi connectivity index (χ0v) is 20.5. The number of rotatable bonds is 7. The molecule has 31 heavy (non-hydrogen) atoms. The fourth-order valence-electron chi connectivity index (χ4n) is 4.14. The maximum Gasteiger partial charge on any atom is 0.311 e. The third kappa shape index (κ3) is 4.22. The Morgan fingerprint density at radius 3 is 2.32 bits per heavy atom. The second kappa shape index (κ2) is 8.17. The maximum atomic E-state index is 12.4. The lowest BCUT2D eigenvalue weighted by Gasteiger charge is -2.23. The molecule has 0 saturated carbocycles. The predicted octanol–water partition coefficient (Wildman–Crippen LogP) is 7.66. The van der Waals surface area contributed by atoms with Crippen molar-refractivity contribution in [1.82, 2.24) is 0 Å². The first kappa shape index (κ1) is 20.9. The van der Waals surface area contributed by atoms with Crippen LogP contribution in [0.2, 0.25) is 0 Å². The quantitative estimate of drug-likeness (QED) is 0.139. The van der Waals surface area contributed by atoms with E-state index in [9.17, 15) is 4.79 Å². The molecule has 0 aliphatic rings. The summed E-state index contributed by atoms with van der Waals surface area (Å²) < 4.78 is 11.8. The smallest absolute Gasteiger partial charge is 0.311 e. The topological polar surface area (TPSA) is 26.3 Å². The number of carbonyl (C=O) groups excluding carboxylic acids is 1. The van der Waals surface area contributed by atoms with Gasteiger partial charge in [-0.2, -0.15) is 0 Å². The van der Waals surface area contributed by atoms with Crippen LogP contribution in [0.15, 0.2) is 41.8 Å². The van der Waals surface area contributed by atoms with Gasteiger partial charge >= 0.3 is 5.97 Å². The first-order chi connectivity index (χ1) is 14.9. The van der Waals surface area contributed by atoms with E-state index in [1.54, 1.807) is 22.7 Å². The van der Waals surface area contributed by atoms with E-state index in [0.717, 1.165) is 30.3 Å². The standard InChI is InChI=1S/C25H26NO2S3/c1-26(2,3)13-6-4-5-7-22(27)28-23-15-17-19(31-23)9-11-21-25(17)24-16-12-14-29-18(16)8-10-20(24)30-21/h8-12,14-15H,4-7,13H2,1-3H3/q+1. The number of carbonyl (C=O) groups is 1. The highest BCUT2D eigenvalue weighted by Gasteiger charge is 2.16. The van der Waals surface area contributed by atoms with Gasteiger partial charge in [-0.1, -0.05) is 11.3 Å². The van der Waals surface area contributed by atoms with Crippen LogP contribution in [-0.2, 0) is 4.79 Å². The van der Waals surface area contributed by atoms with Crippen LogP contribution in [0.25, 0.3) is 40.3 Å². The normalized spacial score (nSPS) is 12.5. The molecule has 0 aliphatic carbocycles. The third-order valence-electron chi connectivity index (χ3n) is 5.63. The highest BCUT2D eigenvalue weighted by molar-refractivity contribution is 7.27. The van der Waals surface area contributed by atoms with Crippen LogP contribution in [0.3, 0.4) is 0 Å². The molecule has 3 heterocycles. The van der Waals surface area contributed by atoms with Gasteiger partial charge in [0.05, 0.1) is 27.7 Å². The van der Waals surface area contributed by atoms with Crippen molar-refractivity contribution in [2.45, 2.75) is 25.7 Å². The average molecular weight is 469 g/mol. The molecule has 0 saturated heterocycles. The number of hydrogen-bond donors (Lipinski definition) is 0. The number of hydrogen-bond acceptors (Lipinski definition) is 5.